The van der Waals surface area contributed by atoms with E-state index in [1.54, 1.807) is 0 Å². The van der Waals surface area contributed by atoms with Crippen molar-refractivity contribution < 1.29 is 9.53 Å². The van der Waals surface area contributed by atoms with Gasteiger partial charge in [-0.1, -0.05) is 26.7 Å². The molecule has 1 aromatic rings. The van der Waals surface area contributed by atoms with Crippen molar-refractivity contribution in [2.75, 3.05) is 12.8 Å². The molecule has 1 aromatic heterocycles. The van der Waals surface area contributed by atoms with E-state index in [1.165, 1.54) is 18.4 Å². The number of aromatic nitrogens is 1. The largest absolute Gasteiger partial charge is 0.464 e. The lowest BCUT2D eigenvalue weighted by atomic mass is 9.99. The highest BCUT2D eigenvalue weighted by Crippen LogP contribution is 2.33. The molecule has 5 heteroatoms. The minimum Gasteiger partial charge on any atom is -0.464 e. The Hall–Kier alpha value is -1.10. The molecule has 0 amide bonds. The molecule has 0 saturated heterocycles. The Labute approximate surface area is 106 Å². The van der Waals surface area contributed by atoms with Gasteiger partial charge in [0.1, 0.15) is 5.00 Å². The van der Waals surface area contributed by atoms with Crippen molar-refractivity contribution >= 4 is 22.3 Å². The van der Waals surface area contributed by atoms with Gasteiger partial charge in [0.05, 0.1) is 12.1 Å². The summed E-state index contributed by atoms with van der Waals surface area (Å²) in [5.41, 5.74) is 6.07. The molecule has 0 aliphatic rings. The Kier molecular flexibility index (Phi) is 5.41. The number of nitrogen functional groups attached to an aromatic ring is 1. The van der Waals surface area contributed by atoms with E-state index in [2.05, 4.69) is 23.6 Å². The lowest BCUT2D eigenvalue weighted by Gasteiger charge is -2.11. The normalized spacial score (nSPS) is 10.8. The fourth-order valence-electron chi connectivity index (χ4n) is 1.85. The summed E-state index contributed by atoms with van der Waals surface area (Å²) >= 11 is 1.41. The van der Waals surface area contributed by atoms with Crippen molar-refractivity contribution in [2.24, 2.45) is 0 Å². The van der Waals surface area contributed by atoms with Crippen LogP contribution in [0.5, 0.6) is 0 Å². The van der Waals surface area contributed by atoms with Crippen LogP contribution in [0.4, 0.5) is 5.00 Å². The van der Waals surface area contributed by atoms with Crippen LogP contribution < -0.4 is 5.73 Å². The van der Waals surface area contributed by atoms with Crippen molar-refractivity contribution in [1.29, 1.82) is 0 Å². The highest BCUT2D eigenvalue weighted by molar-refractivity contribution is 7.16. The third-order valence-electron chi connectivity index (χ3n) is 2.67. The SMILES string of the molecule is CCCC(CCC)c1nc(C(=O)OC)c(N)s1. The maximum atomic E-state index is 11.4. The molecule has 0 bridgehead atoms. The van der Waals surface area contributed by atoms with E-state index < -0.39 is 5.97 Å². The predicted molar refractivity (Wildman–Crippen MR) is 70.4 cm³/mol. The Morgan fingerprint density at radius 3 is 2.47 bits per heavy atom. The highest BCUT2D eigenvalue weighted by atomic mass is 32.1. The number of nitrogens with zero attached hydrogens (tertiary/aromatic N) is 1. The summed E-state index contributed by atoms with van der Waals surface area (Å²) in [6, 6.07) is 0. The first-order chi connectivity index (χ1) is 8.13. The summed E-state index contributed by atoms with van der Waals surface area (Å²) < 4.78 is 4.66. The van der Waals surface area contributed by atoms with Crippen molar-refractivity contribution in [1.82, 2.24) is 4.98 Å². The molecule has 0 fully saturated rings. The van der Waals surface area contributed by atoms with E-state index >= 15 is 0 Å². The molecule has 0 saturated carbocycles. The summed E-state index contributed by atoms with van der Waals surface area (Å²) in [7, 11) is 1.34. The zero-order chi connectivity index (χ0) is 12.8. The van der Waals surface area contributed by atoms with Crippen LogP contribution in [0, 0.1) is 0 Å². The van der Waals surface area contributed by atoms with E-state index in [-0.39, 0.29) is 5.69 Å². The third-order valence-corrected chi connectivity index (χ3v) is 3.72. The molecular formula is C12H20N2O2S. The first-order valence-electron chi connectivity index (χ1n) is 5.98. The van der Waals surface area contributed by atoms with Crippen molar-refractivity contribution in [3.63, 3.8) is 0 Å². The van der Waals surface area contributed by atoms with Gasteiger partial charge in [-0.05, 0) is 12.8 Å². The van der Waals surface area contributed by atoms with Gasteiger partial charge in [0.2, 0.25) is 0 Å². The fraction of sp³-hybridized carbons (Fsp3) is 0.667. The number of anilines is 1. The van der Waals surface area contributed by atoms with Crippen LogP contribution in [0.15, 0.2) is 0 Å². The van der Waals surface area contributed by atoms with E-state index in [1.807, 2.05) is 0 Å². The molecule has 2 N–H and O–H groups in total. The standard InChI is InChI=1S/C12H20N2O2S/c1-4-6-8(7-5-2)11-14-9(10(13)17-11)12(15)16-3/h8H,4-7,13H2,1-3H3. The number of hydrogen-bond donors (Lipinski definition) is 1. The lowest BCUT2D eigenvalue weighted by molar-refractivity contribution is 0.0596. The molecule has 0 unspecified atom stereocenters. The smallest absolute Gasteiger partial charge is 0.359 e. The van der Waals surface area contributed by atoms with Gasteiger partial charge in [0, 0.05) is 5.92 Å². The minimum atomic E-state index is -0.447. The summed E-state index contributed by atoms with van der Waals surface area (Å²) in [5.74, 6) is -0.0348. The monoisotopic (exact) mass is 256 g/mol. The van der Waals surface area contributed by atoms with E-state index in [9.17, 15) is 4.79 Å². The van der Waals surface area contributed by atoms with Gasteiger partial charge in [-0.2, -0.15) is 0 Å². The van der Waals surface area contributed by atoms with Gasteiger partial charge in [-0.3, -0.25) is 0 Å². The number of ether oxygens (including phenoxy) is 1. The molecule has 0 aliphatic carbocycles. The van der Waals surface area contributed by atoms with Crippen LogP contribution in [0.2, 0.25) is 0 Å². The van der Waals surface area contributed by atoms with Crippen LogP contribution in [0.25, 0.3) is 0 Å². The molecule has 0 spiro atoms. The second kappa shape index (κ2) is 6.59. The Balaban J connectivity index is 2.93. The first kappa shape index (κ1) is 14.0. The van der Waals surface area contributed by atoms with Crippen LogP contribution in [0.3, 0.4) is 0 Å². The number of hydrogen-bond acceptors (Lipinski definition) is 5. The highest BCUT2D eigenvalue weighted by Gasteiger charge is 2.21. The number of rotatable bonds is 6. The van der Waals surface area contributed by atoms with Gasteiger partial charge in [0.15, 0.2) is 5.69 Å². The van der Waals surface area contributed by atoms with Crippen molar-refractivity contribution in [2.45, 2.75) is 45.4 Å². The number of carbonyl (C=O) groups is 1. The van der Waals surface area contributed by atoms with Gasteiger partial charge < -0.3 is 10.5 Å². The summed E-state index contributed by atoms with van der Waals surface area (Å²) in [6.07, 6.45) is 4.39. The van der Waals surface area contributed by atoms with Crippen LogP contribution in [-0.2, 0) is 4.74 Å². The number of carbonyl (C=O) groups excluding carboxylic acids is 1. The molecule has 0 aromatic carbocycles. The van der Waals surface area contributed by atoms with E-state index in [0.29, 0.717) is 10.9 Å². The van der Waals surface area contributed by atoms with Crippen LogP contribution in [-0.4, -0.2) is 18.1 Å². The summed E-state index contributed by atoms with van der Waals surface area (Å²) in [6.45, 7) is 4.31. The zero-order valence-corrected chi connectivity index (χ0v) is 11.5. The van der Waals surface area contributed by atoms with Gasteiger partial charge >= 0.3 is 5.97 Å². The Morgan fingerprint density at radius 1 is 1.41 bits per heavy atom. The van der Waals surface area contributed by atoms with E-state index in [0.717, 1.165) is 30.7 Å². The Morgan fingerprint density at radius 2 is 2.00 bits per heavy atom. The lowest BCUT2D eigenvalue weighted by Crippen LogP contribution is -2.05. The van der Waals surface area contributed by atoms with Crippen molar-refractivity contribution in [3.8, 4) is 0 Å². The average molecular weight is 256 g/mol. The van der Waals surface area contributed by atoms with E-state index in [4.69, 9.17) is 5.73 Å². The second-order valence-corrected chi connectivity index (χ2v) is 5.09. The molecule has 0 radical (unpaired) electrons. The molecule has 96 valence electrons. The first-order valence-corrected chi connectivity index (χ1v) is 6.80. The predicted octanol–water partition coefficient (Wildman–Crippen LogP) is 3.20. The minimum absolute atomic E-state index is 0.268. The quantitative estimate of drug-likeness (QED) is 0.794. The zero-order valence-electron chi connectivity index (χ0n) is 10.7. The second-order valence-electron chi connectivity index (χ2n) is 4.03. The third kappa shape index (κ3) is 3.43. The van der Waals surface area contributed by atoms with Gasteiger partial charge in [-0.15, -0.1) is 11.3 Å². The fourth-order valence-corrected chi connectivity index (χ4v) is 2.85. The molecule has 0 aliphatic heterocycles. The molecule has 17 heavy (non-hydrogen) atoms. The number of thiazole rings is 1. The number of esters is 1. The molecule has 0 atom stereocenters. The number of methoxy groups -OCH3 is 1. The van der Waals surface area contributed by atoms with Crippen LogP contribution in [0.1, 0.15) is 60.9 Å². The summed E-state index contributed by atoms with van der Waals surface area (Å²) in [4.78, 5) is 15.8. The molecule has 1 rings (SSSR count). The van der Waals surface area contributed by atoms with Crippen molar-refractivity contribution in [3.05, 3.63) is 10.7 Å². The topological polar surface area (TPSA) is 65.2 Å². The average Bonchev–Trinajstić information content (AvgIpc) is 2.70. The maximum absolute atomic E-state index is 11.4. The molecular weight excluding hydrogens is 236 g/mol. The van der Waals surface area contributed by atoms with Crippen LogP contribution >= 0.6 is 11.3 Å². The number of nitrogens with two attached hydrogens (primary N) is 1. The summed E-state index contributed by atoms with van der Waals surface area (Å²) in [5, 5.41) is 1.43. The van der Waals surface area contributed by atoms with Gasteiger partial charge in [0.25, 0.3) is 0 Å². The maximum Gasteiger partial charge on any atom is 0.359 e. The molecule has 4 nitrogen and oxygen atoms in total. The Bertz CT molecular complexity index is 371. The molecule has 1 heterocycles. The van der Waals surface area contributed by atoms with Gasteiger partial charge in [-0.25, -0.2) is 9.78 Å².